The van der Waals surface area contributed by atoms with Gasteiger partial charge >= 0.3 is 11.9 Å². The number of benzene rings is 2. The zero-order valence-electron chi connectivity index (χ0n) is 22.2. The molecule has 6 nitrogen and oxygen atoms in total. The molecule has 2 aromatic carbocycles. The second-order valence-electron chi connectivity index (χ2n) is 10.5. The Morgan fingerprint density at radius 2 is 1.46 bits per heavy atom. The molecule has 4 rings (SSSR count). The molecule has 1 saturated carbocycles. The van der Waals surface area contributed by atoms with Crippen molar-refractivity contribution >= 4 is 34.3 Å². The lowest BCUT2D eigenvalue weighted by molar-refractivity contribution is -0.145. The number of fused-ring (bicyclic) bond motifs is 6. The molecule has 198 valence electrons. The number of hydrogen-bond donors (Lipinski definition) is 0. The van der Waals surface area contributed by atoms with Crippen LogP contribution in [0.4, 0.5) is 0 Å². The van der Waals surface area contributed by atoms with E-state index in [2.05, 4.69) is 20.1 Å². The van der Waals surface area contributed by atoms with Crippen molar-refractivity contribution in [2.45, 2.75) is 71.5 Å². The van der Waals surface area contributed by atoms with Gasteiger partial charge < -0.3 is 18.9 Å². The second-order valence-corrected chi connectivity index (χ2v) is 11.0. The highest BCUT2D eigenvalue weighted by atomic mass is 35.5. The lowest BCUT2D eigenvalue weighted by Gasteiger charge is -2.29. The van der Waals surface area contributed by atoms with Gasteiger partial charge in [0.1, 0.15) is 36.9 Å². The van der Waals surface area contributed by atoms with Crippen LogP contribution >= 0.6 is 11.6 Å². The van der Waals surface area contributed by atoms with Gasteiger partial charge in [0, 0.05) is 38.1 Å². The SMILES string of the molecule is C=C(C)C(=O)OC(C)COc1c2c(c(OCC(C)OC(=O)C(=C)C)c3ccc(Cl)cc13)C1CC2CC1C. The summed E-state index contributed by atoms with van der Waals surface area (Å²) >= 11 is 6.44. The van der Waals surface area contributed by atoms with E-state index in [-0.39, 0.29) is 13.2 Å². The van der Waals surface area contributed by atoms with Crippen LogP contribution in [0.1, 0.15) is 70.4 Å². The molecule has 0 heterocycles. The van der Waals surface area contributed by atoms with Gasteiger partial charge in [-0.25, -0.2) is 9.59 Å². The molecule has 0 spiro atoms. The summed E-state index contributed by atoms with van der Waals surface area (Å²) < 4.78 is 23.7. The van der Waals surface area contributed by atoms with Crippen LogP contribution in [0.5, 0.6) is 11.5 Å². The number of halogens is 1. The summed E-state index contributed by atoms with van der Waals surface area (Å²) in [6, 6.07) is 5.68. The number of ether oxygens (including phenoxy) is 4. The van der Waals surface area contributed by atoms with Crippen LogP contribution < -0.4 is 9.47 Å². The standard InChI is InChI=1S/C30H35ClO6/c1-15(2)29(32)36-18(6)13-34-27-22-9-8-21(31)12-24(22)28(35-14-19(7)37-30(33)16(3)4)25-20-10-17(5)23(11-20)26(25)27/h8-9,12,17-20,23H,1,3,10-11,13-14H2,2,4-7H3. The number of hydrogen-bond acceptors (Lipinski definition) is 6. The van der Waals surface area contributed by atoms with Gasteiger partial charge in [0.2, 0.25) is 0 Å². The first-order valence-electron chi connectivity index (χ1n) is 12.7. The number of esters is 2. The van der Waals surface area contributed by atoms with Crippen LogP contribution in [0, 0.1) is 5.92 Å². The fourth-order valence-corrected chi connectivity index (χ4v) is 5.62. The van der Waals surface area contributed by atoms with E-state index in [1.807, 2.05) is 18.2 Å². The predicted octanol–water partition coefficient (Wildman–Crippen LogP) is 6.88. The van der Waals surface area contributed by atoms with Gasteiger partial charge in [0.25, 0.3) is 0 Å². The fraction of sp³-hybridized carbons (Fsp3) is 0.467. The van der Waals surface area contributed by atoms with Crippen LogP contribution in [0.2, 0.25) is 5.02 Å². The summed E-state index contributed by atoms with van der Waals surface area (Å²) in [5.41, 5.74) is 3.01. The van der Waals surface area contributed by atoms with Crippen molar-refractivity contribution in [1.82, 2.24) is 0 Å². The van der Waals surface area contributed by atoms with Gasteiger partial charge in [-0.1, -0.05) is 31.7 Å². The van der Waals surface area contributed by atoms with Crippen molar-refractivity contribution in [3.05, 3.63) is 58.7 Å². The maximum atomic E-state index is 12.0. The van der Waals surface area contributed by atoms with Crippen molar-refractivity contribution in [2.75, 3.05) is 13.2 Å². The smallest absolute Gasteiger partial charge is 0.333 e. The normalized spacial score (nSPS) is 21.2. The topological polar surface area (TPSA) is 71.1 Å². The molecule has 2 bridgehead atoms. The first kappa shape index (κ1) is 27.1. The molecule has 0 aromatic heterocycles. The van der Waals surface area contributed by atoms with Gasteiger partial charge in [-0.05, 0) is 76.5 Å². The first-order chi connectivity index (χ1) is 17.5. The molecule has 2 aromatic rings. The molecule has 0 amide bonds. The Labute approximate surface area is 223 Å². The van der Waals surface area contributed by atoms with E-state index < -0.39 is 24.1 Å². The maximum Gasteiger partial charge on any atom is 0.333 e. The Bertz CT molecular complexity index is 1260. The Morgan fingerprint density at radius 1 is 0.919 bits per heavy atom. The largest absolute Gasteiger partial charge is 0.489 e. The molecule has 0 aliphatic heterocycles. The molecule has 2 aliphatic rings. The predicted molar refractivity (Wildman–Crippen MR) is 145 cm³/mol. The number of rotatable bonds is 10. The third kappa shape index (κ3) is 5.49. The molecule has 0 N–H and O–H groups in total. The van der Waals surface area contributed by atoms with Crippen LogP contribution in [0.15, 0.2) is 42.5 Å². The highest BCUT2D eigenvalue weighted by Crippen LogP contribution is 2.63. The second kappa shape index (κ2) is 10.8. The maximum absolute atomic E-state index is 12.0. The van der Waals surface area contributed by atoms with Crippen LogP contribution in [-0.4, -0.2) is 37.4 Å². The number of carbonyl (C=O) groups is 2. The van der Waals surface area contributed by atoms with Crippen molar-refractivity contribution in [3.8, 4) is 11.5 Å². The van der Waals surface area contributed by atoms with E-state index in [1.165, 1.54) is 5.56 Å². The van der Waals surface area contributed by atoms with Crippen LogP contribution in [-0.2, 0) is 19.1 Å². The molecule has 0 saturated heterocycles. The first-order valence-corrected chi connectivity index (χ1v) is 13.1. The van der Waals surface area contributed by atoms with E-state index in [4.69, 9.17) is 30.5 Å². The summed E-state index contributed by atoms with van der Waals surface area (Å²) in [4.78, 5) is 24.0. The Balaban J connectivity index is 1.71. The molecule has 5 atom stereocenters. The van der Waals surface area contributed by atoms with Crippen molar-refractivity contribution in [1.29, 1.82) is 0 Å². The number of carbonyl (C=O) groups excluding carboxylic acids is 2. The Hall–Kier alpha value is -2.99. The fourth-order valence-electron chi connectivity index (χ4n) is 5.44. The van der Waals surface area contributed by atoms with E-state index in [0.717, 1.165) is 40.7 Å². The average molecular weight is 527 g/mol. The average Bonchev–Trinajstić information content (AvgIpc) is 3.38. The molecule has 1 fully saturated rings. The summed E-state index contributed by atoms with van der Waals surface area (Å²) in [5.74, 6) is 1.93. The minimum Gasteiger partial charge on any atom is -0.489 e. The zero-order valence-corrected chi connectivity index (χ0v) is 22.9. The van der Waals surface area contributed by atoms with Gasteiger partial charge in [0.15, 0.2) is 0 Å². The molecule has 0 radical (unpaired) electrons. The highest BCUT2D eigenvalue weighted by Gasteiger charge is 2.46. The van der Waals surface area contributed by atoms with Gasteiger partial charge in [-0.3, -0.25) is 0 Å². The van der Waals surface area contributed by atoms with Crippen molar-refractivity contribution in [3.63, 3.8) is 0 Å². The summed E-state index contributed by atoms with van der Waals surface area (Å²) in [6.45, 7) is 16.8. The minimum atomic E-state index is -0.452. The monoisotopic (exact) mass is 526 g/mol. The minimum absolute atomic E-state index is 0.202. The zero-order chi connectivity index (χ0) is 27.0. The Kier molecular flexibility index (Phi) is 7.88. The summed E-state index contributed by atoms with van der Waals surface area (Å²) in [5, 5.41) is 2.33. The van der Waals surface area contributed by atoms with Crippen LogP contribution in [0.3, 0.4) is 0 Å². The van der Waals surface area contributed by atoms with E-state index in [1.54, 1.807) is 27.7 Å². The van der Waals surface area contributed by atoms with E-state index in [9.17, 15) is 9.59 Å². The molecular weight excluding hydrogens is 492 g/mol. The Morgan fingerprint density at radius 3 is 2.00 bits per heavy atom. The lowest BCUT2D eigenvalue weighted by atomic mass is 9.82. The molecule has 37 heavy (non-hydrogen) atoms. The summed E-state index contributed by atoms with van der Waals surface area (Å²) in [7, 11) is 0. The quantitative estimate of drug-likeness (QED) is 0.248. The third-order valence-electron chi connectivity index (χ3n) is 7.15. The lowest BCUT2D eigenvalue weighted by Crippen LogP contribution is -2.24. The van der Waals surface area contributed by atoms with E-state index in [0.29, 0.717) is 33.9 Å². The van der Waals surface area contributed by atoms with Crippen molar-refractivity contribution in [2.24, 2.45) is 5.92 Å². The third-order valence-corrected chi connectivity index (χ3v) is 7.38. The van der Waals surface area contributed by atoms with Crippen LogP contribution in [0.25, 0.3) is 10.8 Å². The van der Waals surface area contributed by atoms with Gasteiger partial charge in [-0.15, -0.1) is 0 Å². The highest BCUT2D eigenvalue weighted by molar-refractivity contribution is 6.31. The van der Waals surface area contributed by atoms with Crippen molar-refractivity contribution < 1.29 is 28.5 Å². The van der Waals surface area contributed by atoms with E-state index >= 15 is 0 Å². The molecular formula is C30H35ClO6. The molecule has 7 heteroatoms. The van der Waals surface area contributed by atoms with Gasteiger partial charge in [0.05, 0.1) is 0 Å². The molecule has 2 aliphatic carbocycles. The molecule has 5 unspecified atom stereocenters. The summed E-state index contributed by atoms with van der Waals surface area (Å²) in [6.07, 6.45) is 1.21. The van der Waals surface area contributed by atoms with Gasteiger partial charge in [-0.2, -0.15) is 0 Å².